The number of rotatable bonds is 4. The quantitative estimate of drug-likeness (QED) is 0.742. The molecule has 4 nitrogen and oxygen atoms in total. The van der Waals surface area contributed by atoms with Gasteiger partial charge in [0, 0.05) is 36.3 Å². The zero-order valence-corrected chi connectivity index (χ0v) is 13.0. The lowest BCUT2D eigenvalue weighted by molar-refractivity contribution is -0.118. The first-order valence-corrected chi connectivity index (χ1v) is 8.16. The summed E-state index contributed by atoms with van der Waals surface area (Å²) in [6, 6.07) is 10.1. The van der Waals surface area contributed by atoms with E-state index in [-0.39, 0.29) is 5.91 Å². The third-order valence-corrected chi connectivity index (χ3v) is 4.86. The van der Waals surface area contributed by atoms with Crippen LogP contribution < -0.4 is 4.72 Å². The molecule has 3 rings (SSSR count). The van der Waals surface area contributed by atoms with Gasteiger partial charge < -0.3 is 0 Å². The van der Waals surface area contributed by atoms with Gasteiger partial charge in [-0.25, -0.2) is 4.98 Å². The van der Waals surface area contributed by atoms with Crippen LogP contribution >= 0.6 is 23.3 Å². The Hall–Kier alpha value is -1.92. The van der Waals surface area contributed by atoms with Crippen LogP contribution in [0.3, 0.4) is 0 Å². The van der Waals surface area contributed by atoms with Crippen molar-refractivity contribution in [2.24, 2.45) is 0 Å². The SMILES string of the molecule is CCC(=O)NSc1nc2cc(-c3cccnc3)ccc2s1. The summed E-state index contributed by atoms with van der Waals surface area (Å²) in [7, 11) is 0. The molecular weight excluding hydrogens is 302 g/mol. The van der Waals surface area contributed by atoms with E-state index in [1.807, 2.05) is 25.3 Å². The second-order valence-corrected chi connectivity index (χ2v) is 6.47. The molecule has 106 valence electrons. The van der Waals surface area contributed by atoms with Crippen molar-refractivity contribution >= 4 is 39.4 Å². The van der Waals surface area contributed by atoms with E-state index in [0.29, 0.717) is 6.42 Å². The number of amides is 1. The van der Waals surface area contributed by atoms with Crippen LogP contribution in [0.25, 0.3) is 21.3 Å². The number of hydrogen-bond donors (Lipinski definition) is 1. The average Bonchev–Trinajstić information content (AvgIpc) is 2.95. The van der Waals surface area contributed by atoms with Gasteiger partial charge in [-0.1, -0.05) is 19.1 Å². The maximum Gasteiger partial charge on any atom is 0.229 e. The highest BCUT2D eigenvalue weighted by Gasteiger charge is 2.07. The third kappa shape index (κ3) is 3.22. The van der Waals surface area contributed by atoms with Crippen LogP contribution in [-0.2, 0) is 4.79 Å². The van der Waals surface area contributed by atoms with Gasteiger partial charge in [0.1, 0.15) is 0 Å². The Balaban J connectivity index is 1.87. The van der Waals surface area contributed by atoms with Gasteiger partial charge in [-0.05, 0) is 23.8 Å². The van der Waals surface area contributed by atoms with Gasteiger partial charge in [-0.3, -0.25) is 14.5 Å². The molecule has 6 heteroatoms. The number of carbonyl (C=O) groups excluding carboxylic acids is 1. The number of fused-ring (bicyclic) bond motifs is 1. The number of nitrogens with one attached hydrogen (secondary N) is 1. The van der Waals surface area contributed by atoms with E-state index in [4.69, 9.17) is 0 Å². The molecule has 2 heterocycles. The summed E-state index contributed by atoms with van der Waals surface area (Å²) >= 11 is 2.85. The van der Waals surface area contributed by atoms with Crippen molar-refractivity contribution in [3.05, 3.63) is 42.7 Å². The average molecular weight is 315 g/mol. The summed E-state index contributed by atoms with van der Waals surface area (Å²) < 4.78 is 4.72. The van der Waals surface area contributed by atoms with Gasteiger partial charge >= 0.3 is 0 Å². The van der Waals surface area contributed by atoms with Gasteiger partial charge in [0.15, 0.2) is 4.34 Å². The molecule has 21 heavy (non-hydrogen) atoms. The lowest BCUT2D eigenvalue weighted by Crippen LogP contribution is -2.13. The van der Waals surface area contributed by atoms with Crippen molar-refractivity contribution in [1.29, 1.82) is 0 Å². The monoisotopic (exact) mass is 315 g/mol. The number of carbonyl (C=O) groups is 1. The minimum absolute atomic E-state index is 0.00954. The molecular formula is C15H13N3OS2. The second kappa shape index (κ2) is 6.24. The lowest BCUT2D eigenvalue weighted by atomic mass is 10.1. The topological polar surface area (TPSA) is 54.9 Å². The Morgan fingerprint density at radius 1 is 1.33 bits per heavy atom. The summed E-state index contributed by atoms with van der Waals surface area (Å²) in [5.41, 5.74) is 3.10. The molecule has 0 bridgehead atoms. The van der Waals surface area contributed by atoms with Crippen LogP contribution in [0.1, 0.15) is 13.3 Å². The van der Waals surface area contributed by atoms with E-state index in [0.717, 1.165) is 25.7 Å². The van der Waals surface area contributed by atoms with Gasteiger partial charge in [-0.15, -0.1) is 11.3 Å². The highest BCUT2D eigenvalue weighted by Crippen LogP contribution is 2.31. The van der Waals surface area contributed by atoms with E-state index in [9.17, 15) is 4.79 Å². The molecule has 1 aromatic carbocycles. The number of pyridine rings is 1. The molecule has 0 aliphatic rings. The van der Waals surface area contributed by atoms with Gasteiger partial charge in [0.25, 0.3) is 0 Å². The Labute approximate surface area is 130 Å². The van der Waals surface area contributed by atoms with E-state index in [1.165, 1.54) is 11.9 Å². The molecule has 3 aromatic rings. The highest BCUT2D eigenvalue weighted by atomic mass is 32.2. The zero-order chi connectivity index (χ0) is 14.7. The predicted molar refractivity (Wildman–Crippen MR) is 87.1 cm³/mol. The largest absolute Gasteiger partial charge is 0.294 e. The molecule has 1 N–H and O–H groups in total. The number of aromatic nitrogens is 2. The maximum absolute atomic E-state index is 11.3. The molecule has 1 amide bonds. The van der Waals surface area contributed by atoms with Crippen LogP contribution in [-0.4, -0.2) is 15.9 Å². The molecule has 0 saturated heterocycles. The predicted octanol–water partition coefficient (Wildman–Crippen LogP) is 3.89. The van der Waals surface area contributed by atoms with E-state index < -0.39 is 0 Å². The fraction of sp³-hybridized carbons (Fsp3) is 0.133. The third-order valence-electron chi connectivity index (χ3n) is 2.94. The summed E-state index contributed by atoms with van der Waals surface area (Å²) in [4.78, 5) is 20.0. The summed E-state index contributed by atoms with van der Waals surface area (Å²) in [6.07, 6.45) is 4.07. The standard InChI is InChI=1S/C15H13N3OS2/c1-2-14(19)18-21-15-17-12-8-10(5-6-13(12)20-15)11-4-3-7-16-9-11/h3-9H,2H2,1H3,(H,18,19). The molecule has 0 atom stereocenters. The summed E-state index contributed by atoms with van der Waals surface area (Å²) in [6.45, 7) is 1.83. The number of hydrogen-bond acceptors (Lipinski definition) is 5. The van der Waals surface area contributed by atoms with Crippen LogP contribution in [0.2, 0.25) is 0 Å². The first-order valence-electron chi connectivity index (χ1n) is 6.53. The van der Waals surface area contributed by atoms with Crippen molar-refractivity contribution in [3.8, 4) is 11.1 Å². The minimum Gasteiger partial charge on any atom is -0.294 e. The normalized spacial score (nSPS) is 10.7. The molecule has 0 unspecified atom stereocenters. The zero-order valence-electron chi connectivity index (χ0n) is 11.4. The van der Waals surface area contributed by atoms with Crippen LogP contribution in [0.15, 0.2) is 47.1 Å². The molecule has 0 spiro atoms. The van der Waals surface area contributed by atoms with Crippen LogP contribution in [0.4, 0.5) is 0 Å². The first-order chi connectivity index (χ1) is 10.3. The molecule has 2 aromatic heterocycles. The Morgan fingerprint density at radius 2 is 2.24 bits per heavy atom. The fourth-order valence-corrected chi connectivity index (χ4v) is 3.56. The molecule has 0 radical (unpaired) electrons. The van der Waals surface area contributed by atoms with Crippen molar-refractivity contribution in [2.75, 3.05) is 0 Å². The number of nitrogens with zero attached hydrogens (tertiary/aromatic N) is 2. The summed E-state index contributed by atoms with van der Waals surface area (Å²) in [5, 5.41) is 0. The van der Waals surface area contributed by atoms with E-state index in [2.05, 4.69) is 32.9 Å². The van der Waals surface area contributed by atoms with E-state index >= 15 is 0 Å². The molecule has 0 saturated carbocycles. The van der Waals surface area contributed by atoms with Crippen molar-refractivity contribution < 1.29 is 4.79 Å². The van der Waals surface area contributed by atoms with Gasteiger partial charge in [0.2, 0.25) is 5.91 Å². The lowest BCUT2D eigenvalue weighted by Gasteiger charge is -1.99. The van der Waals surface area contributed by atoms with Crippen molar-refractivity contribution in [3.63, 3.8) is 0 Å². The minimum atomic E-state index is 0.00954. The van der Waals surface area contributed by atoms with Crippen molar-refractivity contribution in [1.82, 2.24) is 14.7 Å². The Kier molecular flexibility index (Phi) is 4.17. The van der Waals surface area contributed by atoms with Crippen LogP contribution in [0.5, 0.6) is 0 Å². The molecule has 0 aliphatic carbocycles. The summed E-state index contributed by atoms with van der Waals surface area (Å²) in [5.74, 6) is 0.00954. The molecule has 0 aliphatic heterocycles. The molecule has 0 fully saturated rings. The Morgan fingerprint density at radius 3 is 3.00 bits per heavy atom. The second-order valence-electron chi connectivity index (χ2n) is 4.38. The first kappa shape index (κ1) is 14.0. The number of thiazole rings is 1. The van der Waals surface area contributed by atoms with Crippen molar-refractivity contribution in [2.45, 2.75) is 17.7 Å². The van der Waals surface area contributed by atoms with Gasteiger partial charge in [-0.2, -0.15) is 0 Å². The Bertz CT molecular complexity index is 771. The van der Waals surface area contributed by atoms with Crippen LogP contribution in [0, 0.1) is 0 Å². The highest BCUT2D eigenvalue weighted by molar-refractivity contribution is 7.99. The van der Waals surface area contributed by atoms with Gasteiger partial charge in [0.05, 0.1) is 10.2 Å². The smallest absolute Gasteiger partial charge is 0.229 e. The maximum atomic E-state index is 11.3. The fourth-order valence-electron chi connectivity index (χ4n) is 1.84. The number of benzene rings is 1. The van der Waals surface area contributed by atoms with E-state index in [1.54, 1.807) is 17.5 Å².